The van der Waals surface area contributed by atoms with Gasteiger partial charge in [-0.05, 0) is 49.7 Å². The maximum atomic E-state index is 12.4. The van der Waals surface area contributed by atoms with Gasteiger partial charge in [-0.25, -0.2) is 4.79 Å². The Morgan fingerprint density at radius 1 is 0.795 bits per heavy atom. The molecule has 202 valence electrons. The smallest absolute Gasteiger partial charge is 0.338 e. The van der Waals surface area contributed by atoms with E-state index in [2.05, 4.69) is 5.32 Å². The molecule has 0 saturated heterocycles. The Morgan fingerprint density at radius 3 is 2.18 bits per heavy atom. The molecule has 0 bridgehead atoms. The zero-order valence-corrected chi connectivity index (χ0v) is 21.7. The fourth-order valence-corrected chi connectivity index (χ4v) is 3.52. The van der Waals surface area contributed by atoms with Crippen molar-refractivity contribution >= 4 is 35.1 Å². The lowest BCUT2D eigenvalue weighted by Crippen LogP contribution is -2.24. The molecule has 1 N–H and O–H groups in total. The van der Waals surface area contributed by atoms with Gasteiger partial charge in [0.25, 0.3) is 0 Å². The van der Waals surface area contributed by atoms with Crippen LogP contribution >= 0.6 is 0 Å². The zero-order chi connectivity index (χ0) is 28.2. The van der Waals surface area contributed by atoms with Crippen molar-refractivity contribution in [2.75, 3.05) is 19.0 Å². The number of esters is 2. The molecule has 0 radical (unpaired) electrons. The number of carbonyl (C=O) groups is 5. The van der Waals surface area contributed by atoms with Crippen molar-refractivity contribution < 1.29 is 38.2 Å². The minimum Gasteiger partial charge on any atom is -0.497 e. The minimum absolute atomic E-state index is 0.0243. The second-order valence-corrected chi connectivity index (χ2v) is 8.57. The van der Waals surface area contributed by atoms with Crippen molar-refractivity contribution in [3.63, 3.8) is 0 Å². The Balaban J connectivity index is 1.37. The summed E-state index contributed by atoms with van der Waals surface area (Å²) in [6.45, 7) is 1.11. The van der Waals surface area contributed by atoms with Crippen molar-refractivity contribution in [3.05, 3.63) is 95.6 Å². The van der Waals surface area contributed by atoms with Crippen molar-refractivity contribution in [2.24, 2.45) is 0 Å². The molecular formula is C30H29NO8. The Morgan fingerprint density at radius 2 is 1.49 bits per heavy atom. The molecule has 1 amide bonds. The number of ketones is 2. The van der Waals surface area contributed by atoms with Gasteiger partial charge < -0.3 is 19.5 Å². The van der Waals surface area contributed by atoms with Crippen molar-refractivity contribution in [3.8, 4) is 5.75 Å². The summed E-state index contributed by atoms with van der Waals surface area (Å²) in [5, 5.41) is 2.68. The van der Waals surface area contributed by atoms with Gasteiger partial charge in [0.2, 0.25) is 11.7 Å². The second-order valence-electron chi connectivity index (χ2n) is 8.57. The van der Waals surface area contributed by atoms with E-state index in [1.807, 2.05) is 0 Å². The summed E-state index contributed by atoms with van der Waals surface area (Å²) in [4.78, 5) is 61.1. The van der Waals surface area contributed by atoms with E-state index in [-0.39, 0.29) is 42.3 Å². The topological polar surface area (TPSA) is 125 Å². The first-order chi connectivity index (χ1) is 18.8. The van der Waals surface area contributed by atoms with Gasteiger partial charge in [-0.15, -0.1) is 0 Å². The van der Waals surface area contributed by atoms with Crippen molar-refractivity contribution in [2.45, 2.75) is 32.3 Å². The zero-order valence-electron chi connectivity index (χ0n) is 21.7. The minimum atomic E-state index is -0.953. The van der Waals surface area contributed by atoms with Crippen molar-refractivity contribution in [1.29, 1.82) is 0 Å². The number of amides is 1. The Hall–Kier alpha value is -4.79. The molecule has 0 saturated carbocycles. The summed E-state index contributed by atoms with van der Waals surface area (Å²) in [7, 11) is 1.49. The predicted octanol–water partition coefficient (Wildman–Crippen LogP) is 4.66. The normalized spacial score (nSPS) is 11.1. The number of benzene rings is 3. The van der Waals surface area contributed by atoms with Gasteiger partial charge in [-0.2, -0.15) is 0 Å². The standard InChI is InChI=1S/C30H29NO8/c1-20(29(35)21-8-4-3-5-9-21)39-30(36)22-14-16-24(17-15-22)31-27(33)12-7-13-28(34)38-19-26(32)23-10-6-11-25(18-23)37-2/h3-6,8-11,14-18,20H,7,12-13,19H2,1-2H3,(H,31,33). The van der Waals surface area contributed by atoms with E-state index in [1.165, 1.54) is 38.3 Å². The number of ether oxygens (including phenoxy) is 3. The third kappa shape index (κ3) is 8.92. The van der Waals surface area contributed by atoms with Crippen LogP contribution in [0.5, 0.6) is 5.75 Å². The van der Waals surface area contributed by atoms with Gasteiger partial charge in [0, 0.05) is 29.7 Å². The molecule has 0 fully saturated rings. The molecule has 39 heavy (non-hydrogen) atoms. The van der Waals surface area contributed by atoms with Crippen molar-refractivity contribution in [1.82, 2.24) is 0 Å². The van der Waals surface area contributed by atoms with Crippen LogP contribution in [0.2, 0.25) is 0 Å². The number of methoxy groups -OCH3 is 1. The van der Waals surface area contributed by atoms with E-state index in [0.717, 1.165) is 0 Å². The summed E-state index contributed by atoms with van der Waals surface area (Å²) >= 11 is 0. The highest BCUT2D eigenvalue weighted by molar-refractivity contribution is 6.01. The first-order valence-corrected chi connectivity index (χ1v) is 12.3. The second kappa shape index (κ2) is 14.2. The molecule has 0 aliphatic carbocycles. The fraction of sp³-hybridized carbons (Fsp3) is 0.233. The van der Waals surface area contributed by atoms with Crippen LogP contribution in [0, 0.1) is 0 Å². The summed E-state index contributed by atoms with van der Waals surface area (Å²) in [5.41, 5.74) is 1.50. The lowest BCUT2D eigenvalue weighted by molar-refractivity contribution is -0.142. The van der Waals surface area contributed by atoms with Crippen LogP contribution < -0.4 is 10.1 Å². The Bertz CT molecular complexity index is 1320. The molecule has 0 heterocycles. The number of hydrogen-bond acceptors (Lipinski definition) is 8. The molecule has 0 aromatic heterocycles. The van der Waals surface area contributed by atoms with Gasteiger partial charge in [-0.1, -0.05) is 42.5 Å². The highest BCUT2D eigenvalue weighted by Crippen LogP contribution is 2.15. The monoisotopic (exact) mass is 531 g/mol. The molecule has 1 atom stereocenters. The van der Waals surface area contributed by atoms with Gasteiger partial charge in [0.05, 0.1) is 12.7 Å². The largest absolute Gasteiger partial charge is 0.497 e. The molecule has 3 aromatic carbocycles. The number of rotatable bonds is 13. The average Bonchev–Trinajstić information content (AvgIpc) is 2.96. The van der Waals surface area contributed by atoms with Crippen LogP contribution in [0.4, 0.5) is 5.69 Å². The van der Waals surface area contributed by atoms with E-state index in [9.17, 15) is 24.0 Å². The quantitative estimate of drug-likeness (QED) is 0.249. The molecule has 3 aromatic rings. The molecule has 9 nitrogen and oxygen atoms in total. The number of carbonyl (C=O) groups excluding carboxylic acids is 5. The van der Waals surface area contributed by atoms with E-state index in [0.29, 0.717) is 22.6 Å². The average molecular weight is 532 g/mol. The van der Waals surface area contributed by atoms with Crippen LogP contribution in [0.15, 0.2) is 78.9 Å². The maximum absolute atomic E-state index is 12.4. The molecule has 0 spiro atoms. The summed E-state index contributed by atoms with van der Waals surface area (Å²) in [6.07, 6.45) is -0.688. The summed E-state index contributed by atoms with van der Waals surface area (Å²) in [6, 6.07) is 21.1. The van der Waals surface area contributed by atoms with E-state index in [4.69, 9.17) is 14.2 Å². The fourth-order valence-electron chi connectivity index (χ4n) is 3.52. The van der Waals surface area contributed by atoms with Gasteiger partial charge in [0.1, 0.15) is 5.75 Å². The molecule has 0 aliphatic rings. The van der Waals surface area contributed by atoms with Crippen LogP contribution in [0.1, 0.15) is 57.3 Å². The van der Waals surface area contributed by atoms with E-state index in [1.54, 1.807) is 54.6 Å². The number of anilines is 1. The third-order valence-electron chi connectivity index (χ3n) is 5.66. The first kappa shape index (κ1) is 28.8. The van der Waals surface area contributed by atoms with Gasteiger partial charge >= 0.3 is 11.9 Å². The summed E-state index contributed by atoms with van der Waals surface area (Å²) in [5.74, 6) is -1.70. The number of nitrogens with one attached hydrogen (secondary N) is 1. The van der Waals surface area contributed by atoms with Crippen LogP contribution in [-0.4, -0.2) is 49.2 Å². The van der Waals surface area contributed by atoms with Crippen LogP contribution in [-0.2, 0) is 19.1 Å². The molecule has 0 aliphatic heterocycles. The molecule has 9 heteroatoms. The number of hydrogen-bond donors (Lipinski definition) is 1. The SMILES string of the molecule is COc1cccc(C(=O)COC(=O)CCCC(=O)Nc2ccc(C(=O)OC(C)C(=O)c3ccccc3)cc2)c1. The molecule has 3 rings (SSSR count). The molecular weight excluding hydrogens is 502 g/mol. The summed E-state index contributed by atoms with van der Waals surface area (Å²) < 4.78 is 15.4. The third-order valence-corrected chi connectivity index (χ3v) is 5.66. The van der Waals surface area contributed by atoms with Crippen LogP contribution in [0.25, 0.3) is 0 Å². The number of Topliss-reactive ketones (excluding diaryl/α,β-unsaturated/α-hetero) is 2. The Kier molecular flexibility index (Phi) is 10.5. The van der Waals surface area contributed by atoms with E-state index >= 15 is 0 Å². The molecule has 1 unspecified atom stereocenters. The van der Waals surface area contributed by atoms with E-state index < -0.39 is 24.6 Å². The predicted molar refractivity (Wildman–Crippen MR) is 143 cm³/mol. The highest BCUT2D eigenvalue weighted by atomic mass is 16.5. The highest BCUT2D eigenvalue weighted by Gasteiger charge is 2.20. The first-order valence-electron chi connectivity index (χ1n) is 12.3. The van der Waals surface area contributed by atoms with Crippen LogP contribution in [0.3, 0.4) is 0 Å². The van der Waals surface area contributed by atoms with Gasteiger partial charge in [0.15, 0.2) is 18.5 Å². The lowest BCUT2D eigenvalue weighted by atomic mass is 10.1. The maximum Gasteiger partial charge on any atom is 0.338 e. The Labute approximate surface area is 226 Å². The van der Waals surface area contributed by atoms with Gasteiger partial charge in [-0.3, -0.25) is 19.2 Å². The lowest BCUT2D eigenvalue weighted by Gasteiger charge is -2.12.